The Balaban J connectivity index is 1.16. The molecule has 2 N–H and O–H groups in total. The number of nitrogens with zero attached hydrogens (tertiary/aromatic N) is 2. The third kappa shape index (κ3) is 5.63. The third-order valence-corrected chi connectivity index (χ3v) is 12.5. The normalized spacial score (nSPS) is 24.9. The quantitative estimate of drug-likeness (QED) is 0.0932. The fourth-order valence-electron chi connectivity index (χ4n) is 9.68. The zero-order chi connectivity index (χ0) is 40.5. The number of carbonyl (C=O) groups is 5. The smallest absolute Gasteiger partial charge is 0.260 e. The van der Waals surface area contributed by atoms with Crippen LogP contribution in [-0.4, -0.2) is 46.6 Å². The first kappa shape index (κ1) is 37.0. The largest absolute Gasteiger partial charge is 0.504 e. The lowest BCUT2D eigenvalue weighted by molar-refractivity contribution is -0.138. The summed E-state index contributed by atoms with van der Waals surface area (Å²) in [7, 11) is 1.41. The first-order valence-corrected chi connectivity index (χ1v) is 19.2. The number of ketones is 1. The Hall–Kier alpha value is -6.59. The number of hydrogen-bond acceptors (Lipinski definition) is 8. The number of allylic oxidation sites excluding steroid dienone is 2. The average molecular weight is 796 g/mol. The molecule has 2 aliphatic carbocycles. The van der Waals surface area contributed by atoms with Crippen LogP contribution in [-0.2, 0) is 24.6 Å². The second kappa shape index (κ2) is 14.1. The maximum absolute atomic E-state index is 15.3. The summed E-state index contributed by atoms with van der Waals surface area (Å²) >= 11 is 6.38. The molecule has 10 nitrogen and oxygen atoms in total. The van der Waals surface area contributed by atoms with Crippen molar-refractivity contribution in [3.63, 3.8) is 0 Å². The Kier molecular flexibility index (Phi) is 9.00. The van der Waals surface area contributed by atoms with Crippen LogP contribution in [0.5, 0.6) is 11.5 Å². The summed E-state index contributed by atoms with van der Waals surface area (Å²) in [5.74, 6) is -6.86. The molecule has 0 radical (unpaired) electrons. The number of amides is 4. The highest BCUT2D eigenvalue weighted by molar-refractivity contribution is 6.30. The van der Waals surface area contributed by atoms with E-state index in [9.17, 15) is 28.7 Å². The van der Waals surface area contributed by atoms with Gasteiger partial charge < -0.3 is 9.84 Å². The van der Waals surface area contributed by atoms with Crippen LogP contribution >= 0.6 is 11.6 Å². The number of benzene rings is 5. The van der Waals surface area contributed by atoms with E-state index < -0.39 is 64.5 Å². The minimum atomic E-state index is -1.60. The van der Waals surface area contributed by atoms with Crippen LogP contribution in [0.1, 0.15) is 45.8 Å². The molecule has 3 fully saturated rings. The van der Waals surface area contributed by atoms with E-state index in [1.807, 2.05) is 12.1 Å². The number of imide groups is 2. The van der Waals surface area contributed by atoms with Crippen molar-refractivity contribution < 1.29 is 38.2 Å². The second-order valence-corrected chi connectivity index (χ2v) is 15.5. The van der Waals surface area contributed by atoms with E-state index in [1.54, 1.807) is 84.9 Å². The van der Waals surface area contributed by atoms with Crippen LogP contribution in [0, 0.1) is 29.5 Å². The number of phenols is 1. The molecule has 2 heterocycles. The lowest BCUT2D eigenvalue weighted by atomic mass is 9.49. The van der Waals surface area contributed by atoms with Gasteiger partial charge in [-0.1, -0.05) is 71.8 Å². The highest BCUT2D eigenvalue weighted by Gasteiger charge is 2.70. The number of anilines is 2. The van der Waals surface area contributed by atoms with E-state index in [2.05, 4.69) is 5.43 Å². The maximum atomic E-state index is 15.3. The molecule has 12 heteroatoms. The highest BCUT2D eigenvalue weighted by atomic mass is 35.5. The van der Waals surface area contributed by atoms with E-state index in [0.29, 0.717) is 44.2 Å². The average Bonchev–Trinajstić information content (AvgIpc) is 3.62. The first-order chi connectivity index (χ1) is 28.0. The van der Waals surface area contributed by atoms with E-state index in [4.69, 9.17) is 16.3 Å². The minimum Gasteiger partial charge on any atom is -0.504 e. The van der Waals surface area contributed by atoms with Crippen molar-refractivity contribution in [1.82, 2.24) is 5.01 Å². The van der Waals surface area contributed by atoms with E-state index in [0.717, 1.165) is 5.01 Å². The highest BCUT2D eigenvalue weighted by Crippen LogP contribution is 2.64. The van der Waals surface area contributed by atoms with Crippen molar-refractivity contribution >= 4 is 52.4 Å². The molecule has 9 rings (SSSR count). The molecule has 2 saturated heterocycles. The van der Waals surface area contributed by atoms with Gasteiger partial charge in [0.2, 0.25) is 11.8 Å². The third-order valence-electron chi connectivity index (χ3n) is 12.2. The summed E-state index contributed by atoms with van der Waals surface area (Å²) in [6, 6.07) is 31.9. The molecule has 1 saturated carbocycles. The minimum absolute atomic E-state index is 0.0465. The van der Waals surface area contributed by atoms with Gasteiger partial charge >= 0.3 is 0 Å². The molecule has 6 atom stereocenters. The predicted molar refractivity (Wildman–Crippen MR) is 212 cm³/mol. The van der Waals surface area contributed by atoms with Gasteiger partial charge in [0.05, 0.1) is 41.7 Å². The van der Waals surface area contributed by atoms with Crippen molar-refractivity contribution in [3.8, 4) is 11.5 Å². The molecule has 0 spiro atoms. The van der Waals surface area contributed by atoms with Crippen LogP contribution in [0.4, 0.5) is 15.8 Å². The Morgan fingerprint density at radius 3 is 2.21 bits per heavy atom. The van der Waals surface area contributed by atoms with Crippen molar-refractivity contribution in [2.45, 2.75) is 24.2 Å². The molecule has 5 aromatic carbocycles. The monoisotopic (exact) mass is 795 g/mol. The lowest BCUT2D eigenvalue weighted by Gasteiger charge is -2.50. The molecule has 5 aromatic rings. The molecule has 4 amide bonds. The van der Waals surface area contributed by atoms with Gasteiger partial charge in [-0.2, -0.15) is 5.01 Å². The van der Waals surface area contributed by atoms with Gasteiger partial charge in [0, 0.05) is 22.1 Å². The Morgan fingerprint density at radius 1 is 0.828 bits per heavy atom. The fraction of sp³-hybridized carbons (Fsp3) is 0.196. The Morgan fingerprint density at radius 2 is 1.52 bits per heavy atom. The van der Waals surface area contributed by atoms with Crippen LogP contribution in [0.3, 0.4) is 0 Å². The Labute approximate surface area is 337 Å². The van der Waals surface area contributed by atoms with Crippen molar-refractivity contribution in [2.24, 2.45) is 23.7 Å². The number of halogens is 2. The number of nitrogens with one attached hydrogen (secondary N) is 1. The van der Waals surface area contributed by atoms with Crippen LogP contribution in [0.2, 0.25) is 5.02 Å². The molecule has 0 unspecified atom stereocenters. The number of aromatic hydroxyl groups is 1. The summed E-state index contributed by atoms with van der Waals surface area (Å²) in [4.78, 5) is 73.5. The second-order valence-electron chi connectivity index (χ2n) is 15.1. The number of carbonyl (C=O) groups excluding carboxylic acids is 5. The topological polar surface area (TPSA) is 133 Å². The summed E-state index contributed by atoms with van der Waals surface area (Å²) in [5.41, 5.74) is 4.62. The molecule has 0 aromatic heterocycles. The SMILES string of the molecule is COc1cc([C@H]2C3=CC[C@@H]4C(=O)N(c5ccc(C(=O)c6ccccc6)cc5)C(=O)[C@@H]4[C@@H]3C[C@H]3C(=O)N(Nc4ccc(F)cc4)C(=O)[C@@]23c2ccc(Cl)cc2)ccc1O. The van der Waals surface area contributed by atoms with Gasteiger partial charge in [-0.15, -0.1) is 0 Å². The van der Waals surface area contributed by atoms with E-state index >= 15 is 4.79 Å². The summed E-state index contributed by atoms with van der Waals surface area (Å²) in [6.45, 7) is 0. The van der Waals surface area contributed by atoms with Crippen molar-refractivity contribution in [2.75, 3.05) is 17.4 Å². The molecule has 4 aliphatic rings. The molecule has 0 bridgehead atoms. The number of hydrogen-bond donors (Lipinski definition) is 2. The first-order valence-electron chi connectivity index (χ1n) is 18.8. The van der Waals surface area contributed by atoms with Crippen LogP contribution in [0.25, 0.3) is 0 Å². The van der Waals surface area contributed by atoms with Gasteiger partial charge in [-0.3, -0.25) is 34.3 Å². The fourth-order valence-corrected chi connectivity index (χ4v) is 9.80. The van der Waals surface area contributed by atoms with Crippen LogP contribution < -0.4 is 15.1 Å². The number of ether oxygens (including phenoxy) is 1. The van der Waals surface area contributed by atoms with Crippen molar-refractivity contribution in [1.29, 1.82) is 0 Å². The molecule has 290 valence electrons. The molecule has 2 aliphatic heterocycles. The standard InChI is InChI=1S/C46H35ClFN3O7/c1-58-38-23-27(9-22-37(38)52)40-33-20-21-34-39(44(56)50(42(34)54)32-18-7-26(8-19-32)41(53)25-5-3-2-4-6-25)35(33)24-36-43(55)51(49-31-16-14-30(48)15-17-31)45(57)46(36,40)28-10-12-29(47)13-11-28/h2-20,22-23,34-36,39-40,49,52H,21,24H2,1H3/t34-,35+,36-,39-,40-,46+/m0/s1. The van der Waals surface area contributed by atoms with E-state index in [1.165, 1.54) is 42.3 Å². The number of phenolic OH excluding ortho intramolecular Hbond substituents is 1. The number of rotatable bonds is 8. The molecule has 58 heavy (non-hydrogen) atoms. The number of methoxy groups -OCH3 is 1. The zero-order valence-corrected chi connectivity index (χ0v) is 31.7. The number of hydrazine groups is 1. The van der Waals surface area contributed by atoms with Crippen LogP contribution in [0.15, 0.2) is 133 Å². The van der Waals surface area contributed by atoms with Gasteiger partial charge in [-0.25, -0.2) is 4.39 Å². The molecular weight excluding hydrogens is 761 g/mol. The van der Waals surface area contributed by atoms with Crippen molar-refractivity contribution in [3.05, 3.63) is 166 Å². The van der Waals surface area contributed by atoms with Gasteiger partial charge in [0.1, 0.15) is 5.82 Å². The predicted octanol–water partition coefficient (Wildman–Crippen LogP) is 7.61. The Bertz CT molecular complexity index is 2550. The summed E-state index contributed by atoms with van der Waals surface area (Å²) in [5, 5.41) is 12.1. The maximum Gasteiger partial charge on any atom is 0.260 e. The zero-order valence-electron chi connectivity index (χ0n) is 31.0. The lowest BCUT2D eigenvalue weighted by Crippen LogP contribution is -2.53. The number of fused-ring (bicyclic) bond motifs is 4. The van der Waals surface area contributed by atoms with Gasteiger partial charge in [0.25, 0.3) is 11.8 Å². The molecular formula is C46H35ClFN3O7. The summed E-state index contributed by atoms with van der Waals surface area (Å²) in [6.07, 6.45) is 2.16. The van der Waals surface area contributed by atoms with Gasteiger partial charge in [0.15, 0.2) is 17.3 Å². The van der Waals surface area contributed by atoms with E-state index in [-0.39, 0.29) is 30.1 Å². The van der Waals surface area contributed by atoms with Gasteiger partial charge in [-0.05, 0) is 103 Å². The summed E-state index contributed by atoms with van der Waals surface area (Å²) < 4.78 is 19.5.